The van der Waals surface area contributed by atoms with Crippen LogP contribution in [0.25, 0.3) is 0 Å². The van der Waals surface area contributed by atoms with Gasteiger partial charge in [0.25, 0.3) is 0 Å². The molecule has 0 aromatic carbocycles. The molecule has 0 saturated heterocycles. The number of hydrogen-bond donors (Lipinski definition) is 1. The van der Waals surface area contributed by atoms with E-state index >= 15 is 0 Å². The molecule has 0 aliphatic carbocycles. The highest BCUT2D eigenvalue weighted by molar-refractivity contribution is 5.81. The Bertz CT molecular complexity index is 473. The normalized spacial score (nSPS) is 13.8. The van der Waals surface area contributed by atoms with E-state index in [0.717, 1.165) is 49.7 Å². The third kappa shape index (κ3) is 3.07. The maximum atomic E-state index is 12.2. The maximum absolute atomic E-state index is 12.2. The van der Waals surface area contributed by atoms with Crippen LogP contribution in [-0.2, 0) is 17.8 Å². The second-order valence-corrected chi connectivity index (χ2v) is 4.97. The van der Waals surface area contributed by atoms with Crippen molar-refractivity contribution < 1.29 is 4.79 Å². The molecule has 1 aromatic heterocycles. The Morgan fingerprint density at radius 3 is 2.80 bits per heavy atom. The van der Waals surface area contributed by atoms with Gasteiger partial charge in [0.05, 0.1) is 12.2 Å². The highest BCUT2D eigenvalue weighted by Gasteiger charge is 2.20. The minimum Gasteiger partial charge on any atom is -0.350 e. The molecule has 0 unspecified atom stereocenters. The van der Waals surface area contributed by atoms with Gasteiger partial charge in [0.1, 0.15) is 12.1 Å². The number of hydrogen-bond acceptors (Lipinski definition) is 5. The lowest BCUT2D eigenvalue weighted by Gasteiger charge is -2.27. The third-order valence-electron chi connectivity index (χ3n) is 3.70. The van der Waals surface area contributed by atoms with E-state index in [1.54, 1.807) is 6.33 Å². The number of nitrogens with one attached hydrogen (secondary N) is 1. The molecule has 0 spiro atoms. The van der Waals surface area contributed by atoms with Crippen LogP contribution < -0.4 is 10.2 Å². The Morgan fingerprint density at radius 1 is 1.35 bits per heavy atom. The Hall–Kier alpha value is -1.69. The van der Waals surface area contributed by atoms with E-state index in [9.17, 15) is 4.79 Å². The standard InChI is InChI=1S/C14H23N5O/c1-4-19(5-2)13(20)9-18(3)14-11-8-15-7-6-12(11)16-10-17-14/h10,15H,4-9H2,1-3H3. The van der Waals surface area contributed by atoms with Crippen molar-refractivity contribution in [2.45, 2.75) is 26.8 Å². The fourth-order valence-corrected chi connectivity index (χ4v) is 2.54. The third-order valence-corrected chi connectivity index (χ3v) is 3.70. The molecule has 0 atom stereocenters. The zero-order chi connectivity index (χ0) is 14.5. The Kier molecular flexibility index (Phi) is 4.89. The first-order valence-corrected chi connectivity index (χ1v) is 7.19. The molecule has 0 radical (unpaired) electrons. The van der Waals surface area contributed by atoms with Gasteiger partial charge in [0, 0.05) is 45.2 Å². The van der Waals surface area contributed by atoms with Crippen LogP contribution in [0.1, 0.15) is 25.1 Å². The topological polar surface area (TPSA) is 61.4 Å². The average Bonchev–Trinajstić information content (AvgIpc) is 2.47. The molecule has 0 fully saturated rings. The summed E-state index contributed by atoms with van der Waals surface area (Å²) in [5.74, 6) is 0.997. The largest absolute Gasteiger partial charge is 0.350 e. The van der Waals surface area contributed by atoms with E-state index in [1.165, 1.54) is 0 Å². The van der Waals surface area contributed by atoms with Crippen molar-refractivity contribution in [2.75, 3.05) is 38.1 Å². The predicted molar refractivity (Wildman–Crippen MR) is 78.6 cm³/mol. The molecule has 0 bridgehead atoms. The summed E-state index contributed by atoms with van der Waals surface area (Å²) in [5, 5.41) is 3.33. The molecule has 0 saturated carbocycles. The number of carbonyl (C=O) groups is 1. The number of amides is 1. The van der Waals surface area contributed by atoms with Crippen LogP contribution in [0.15, 0.2) is 6.33 Å². The van der Waals surface area contributed by atoms with Crippen LogP contribution in [0.4, 0.5) is 5.82 Å². The summed E-state index contributed by atoms with van der Waals surface area (Å²) in [6.07, 6.45) is 2.51. The second kappa shape index (κ2) is 6.65. The van der Waals surface area contributed by atoms with Crippen LogP contribution in [0.5, 0.6) is 0 Å². The number of likely N-dealkylation sites (N-methyl/N-ethyl adjacent to an activating group) is 2. The Balaban J connectivity index is 2.13. The van der Waals surface area contributed by atoms with Gasteiger partial charge < -0.3 is 15.1 Å². The first kappa shape index (κ1) is 14.7. The summed E-state index contributed by atoms with van der Waals surface area (Å²) in [6.45, 7) is 7.56. The lowest BCUT2D eigenvalue weighted by Crippen LogP contribution is -2.40. The van der Waals surface area contributed by atoms with Crippen molar-refractivity contribution in [1.82, 2.24) is 20.2 Å². The second-order valence-electron chi connectivity index (χ2n) is 4.97. The van der Waals surface area contributed by atoms with Crippen LogP contribution in [-0.4, -0.2) is 54.0 Å². The summed E-state index contributed by atoms with van der Waals surface area (Å²) >= 11 is 0. The van der Waals surface area contributed by atoms with Crippen LogP contribution in [0, 0.1) is 0 Å². The molecule has 2 heterocycles. The van der Waals surface area contributed by atoms with Gasteiger partial charge in [-0.25, -0.2) is 9.97 Å². The summed E-state index contributed by atoms with van der Waals surface area (Å²) in [6, 6.07) is 0. The van der Waals surface area contributed by atoms with Gasteiger partial charge in [0.2, 0.25) is 5.91 Å². The lowest BCUT2D eigenvalue weighted by molar-refractivity contribution is -0.129. The van der Waals surface area contributed by atoms with Gasteiger partial charge in [-0.2, -0.15) is 0 Å². The number of carbonyl (C=O) groups excluding carboxylic acids is 1. The SMILES string of the molecule is CCN(CC)C(=O)CN(C)c1ncnc2c1CNCC2. The molecule has 1 aliphatic rings. The number of anilines is 1. The van der Waals surface area contributed by atoms with Gasteiger partial charge in [-0.05, 0) is 13.8 Å². The number of nitrogens with zero attached hydrogens (tertiary/aromatic N) is 4. The van der Waals surface area contributed by atoms with Gasteiger partial charge in [-0.1, -0.05) is 0 Å². The smallest absolute Gasteiger partial charge is 0.242 e. The van der Waals surface area contributed by atoms with Gasteiger partial charge in [-0.15, -0.1) is 0 Å². The van der Waals surface area contributed by atoms with E-state index in [0.29, 0.717) is 6.54 Å². The molecule has 6 heteroatoms. The maximum Gasteiger partial charge on any atom is 0.242 e. The monoisotopic (exact) mass is 277 g/mol. The van der Waals surface area contributed by atoms with E-state index in [2.05, 4.69) is 15.3 Å². The molecule has 1 N–H and O–H groups in total. The zero-order valence-corrected chi connectivity index (χ0v) is 12.5. The molecule has 1 aromatic rings. The molecule has 6 nitrogen and oxygen atoms in total. The van der Waals surface area contributed by atoms with E-state index in [1.807, 2.05) is 30.7 Å². The van der Waals surface area contributed by atoms with Gasteiger partial charge in [-0.3, -0.25) is 4.79 Å². The highest BCUT2D eigenvalue weighted by Crippen LogP contribution is 2.21. The number of aromatic nitrogens is 2. The molecule has 110 valence electrons. The lowest BCUT2D eigenvalue weighted by atomic mass is 10.1. The fourth-order valence-electron chi connectivity index (χ4n) is 2.54. The Labute approximate surface area is 120 Å². The molecular weight excluding hydrogens is 254 g/mol. The van der Waals surface area contributed by atoms with Gasteiger partial charge >= 0.3 is 0 Å². The van der Waals surface area contributed by atoms with E-state index in [-0.39, 0.29) is 5.91 Å². The van der Waals surface area contributed by atoms with Crippen LogP contribution >= 0.6 is 0 Å². The quantitative estimate of drug-likeness (QED) is 0.845. The predicted octanol–water partition coefficient (Wildman–Crippen LogP) is 0.427. The van der Waals surface area contributed by atoms with Crippen LogP contribution in [0.2, 0.25) is 0 Å². The van der Waals surface area contributed by atoms with Crippen LogP contribution in [0.3, 0.4) is 0 Å². The number of rotatable bonds is 5. The number of fused-ring (bicyclic) bond motifs is 1. The first-order valence-electron chi connectivity index (χ1n) is 7.19. The van der Waals surface area contributed by atoms with Crippen molar-refractivity contribution in [3.8, 4) is 0 Å². The van der Waals surface area contributed by atoms with E-state index < -0.39 is 0 Å². The summed E-state index contributed by atoms with van der Waals surface area (Å²) < 4.78 is 0. The summed E-state index contributed by atoms with van der Waals surface area (Å²) in [5.41, 5.74) is 2.21. The van der Waals surface area contributed by atoms with Crippen molar-refractivity contribution in [3.63, 3.8) is 0 Å². The van der Waals surface area contributed by atoms with Crippen molar-refractivity contribution in [1.29, 1.82) is 0 Å². The summed E-state index contributed by atoms with van der Waals surface area (Å²) in [7, 11) is 1.92. The fraction of sp³-hybridized carbons (Fsp3) is 0.643. The van der Waals surface area contributed by atoms with Crippen molar-refractivity contribution in [2.24, 2.45) is 0 Å². The zero-order valence-electron chi connectivity index (χ0n) is 12.5. The molecule has 1 amide bonds. The molecule has 20 heavy (non-hydrogen) atoms. The van der Waals surface area contributed by atoms with E-state index in [4.69, 9.17) is 0 Å². The summed E-state index contributed by atoms with van der Waals surface area (Å²) in [4.78, 5) is 24.6. The van der Waals surface area contributed by atoms with Crippen molar-refractivity contribution in [3.05, 3.63) is 17.6 Å². The highest BCUT2D eigenvalue weighted by atomic mass is 16.2. The Morgan fingerprint density at radius 2 is 2.10 bits per heavy atom. The average molecular weight is 277 g/mol. The molecule has 1 aliphatic heterocycles. The minimum absolute atomic E-state index is 0.133. The van der Waals surface area contributed by atoms with Crippen molar-refractivity contribution >= 4 is 11.7 Å². The molecule has 2 rings (SSSR count). The first-order chi connectivity index (χ1) is 9.67. The van der Waals surface area contributed by atoms with Gasteiger partial charge in [0.15, 0.2) is 0 Å². The minimum atomic E-state index is 0.133. The molecular formula is C14H23N5O.